The molecular formula is C27H32N4O3S. The van der Waals surface area contributed by atoms with E-state index in [1.54, 1.807) is 17.4 Å². The number of nitrogens with zero attached hydrogens (tertiary/aromatic N) is 4. The van der Waals surface area contributed by atoms with Crippen molar-refractivity contribution >= 4 is 10.0 Å². The minimum atomic E-state index is -3.77. The van der Waals surface area contributed by atoms with Crippen molar-refractivity contribution in [3.8, 4) is 11.3 Å². The Bertz CT molecular complexity index is 1420. The summed E-state index contributed by atoms with van der Waals surface area (Å²) in [5.74, 6) is 0. The van der Waals surface area contributed by atoms with Crippen molar-refractivity contribution in [2.45, 2.75) is 43.5 Å². The highest BCUT2D eigenvalue weighted by atomic mass is 32.2. The summed E-state index contributed by atoms with van der Waals surface area (Å²) >= 11 is 0. The molecule has 0 spiro atoms. The van der Waals surface area contributed by atoms with E-state index < -0.39 is 10.0 Å². The Labute approximate surface area is 207 Å². The third-order valence-corrected chi connectivity index (χ3v) is 9.37. The molecule has 184 valence electrons. The number of aromatic nitrogens is 2. The number of aryl methyl sites for hydroxylation is 2. The van der Waals surface area contributed by atoms with Crippen LogP contribution < -0.4 is 5.56 Å². The van der Waals surface area contributed by atoms with Crippen molar-refractivity contribution in [2.75, 3.05) is 26.7 Å². The Kier molecular flexibility index (Phi) is 6.38. The SMILES string of the molecule is Cc1ccc(-c2nn(C)c(=O)c3c2CCCC3)cc1S(=O)(=O)N1CCN(C)C[C@@H]1c1ccccc1. The van der Waals surface area contributed by atoms with Crippen LogP contribution in [0.2, 0.25) is 0 Å². The number of piperazine rings is 1. The van der Waals surface area contributed by atoms with E-state index in [1.165, 1.54) is 4.68 Å². The average Bonchev–Trinajstić information content (AvgIpc) is 2.87. The van der Waals surface area contributed by atoms with Crippen LogP contribution in [-0.4, -0.2) is 54.1 Å². The topological polar surface area (TPSA) is 75.5 Å². The first-order valence-electron chi connectivity index (χ1n) is 12.2. The molecule has 5 rings (SSSR count). The van der Waals surface area contributed by atoms with Crippen LogP contribution >= 0.6 is 0 Å². The van der Waals surface area contributed by atoms with E-state index in [9.17, 15) is 13.2 Å². The van der Waals surface area contributed by atoms with Crippen molar-refractivity contribution in [3.05, 3.63) is 81.1 Å². The summed E-state index contributed by atoms with van der Waals surface area (Å²) in [5.41, 5.74) is 4.89. The number of likely N-dealkylation sites (N-methyl/N-ethyl adjacent to an activating group) is 1. The van der Waals surface area contributed by atoms with E-state index in [0.29, 0.717) is 30.1 Å². The van der Waals surface area contributed by atoms with E-state index in [0.717, 1.165) is 53.6 Å². The highest BCUT2D eigenvalue weighted by Gasteiger charge is 2.37. The van der Waals surface area contributed by atoms with Gasteiger partial charge < -0.3 is 4.90 Å². The maximum atomic E-state index is 14.1. The van der Waals surface area contributed by atoms with E-state index in [4.69, 9.17) is 0 Å². The lowest BCUT2D eigenvalue weighted by molar-refractivity contribution is 0.160. The molecule has 0 radical (unpaired) electrons. The van der Waals surface area contributed by atoms with Gasteiger partial charge in [-0.05, 0) is 62.4 Å². The maximum absolute atomic E-state index is 14.1. The van der Waals surface area contributed by atoms with Gasteiger partial charge in [0, 0.05) is 37.8 Å². The molecular weight excluding hydrogens is 460 g/mol. The fourth-order valence-electron chi connectivity index (χ4n) is 5.37. The lowest BCUT2D eigenvalue weighted by atomic mass is 9.89. The molecule has 0 unspecified atom stereocenters. The standard InChI is InChI=1S/C27H32N4O3S/c1-19-13-14-21(26-22-11-7-8-12-23(22)27(32)30(3)28-26)17-25(19)35(33,34)31-16-15-29(2)18-24(31)20-9-5-4-6-10-20/h4-6,9-10,13-14,17,24H,7-8,11-12,15-16,18H2,1-3H3/t24-/m1/s1. The number of fused-ring (bicyclic) bond motifs is 1. The van der Waals surface area contributed by atoms with Gasteiger partial charge in [0.25, 0.3) is 5.56 Å². The van der Waals surface area contributed by atoms with Crippen molar-refractivity contribution in [2.24, 2.45) is 7.05 Å². The summed E-state index contributed by atoms with van der Waals surface area (Å²) in [5, 5.41) is 4.58. The molecule has 0 amide bonds. The number of hydrogen-bond donors (Lipinski definition) is 0. The average molecular weight is 493 g/mol. The molecule has 0 bridgehead atoms. The lowest BCUT2D eigenvalue weighted by Gasteiger charge is -2.39. The maximum Gasteiger partial charge on any atom is 0.269 e. The Balaban J connectivity index is 1.61. The predicted octanol–water partition coefficient (Wildman–Crippen LogP) is 3.31. The van der Waals surface area contributed by atoms with Gasteiger partial charge in [-0.2, -0.15) is 9.40 Å². The quantitative estimate of drug-likeness (QED) is 0.559. The third-order valence-electron chi connectivity index (χ3n) is 7.32. The van der Waals surface area contributed by atoms with E-state index in [2.05, 4.69) is 10.00 Å². The molecule has 7 nitrogen and oxygen atoms in total. The number of hydrogen-bond acceptors (Lipinski definition) is 5. The fraction of sp³-hybridized carbons (Fsp3) is 0.407. The first-order valence-corrected chi connectivity index (χ1v) is 13.7. The van der Waals surface area contributed by atoms with Gasteiger partial charge in [0.1, 0.15) is 0 Å². The lowest BCUT2D eigenvalue weighted by Crippen LogP contribution is -2.49. The fourth-order valence-corrected chi connectivity index (χ4v) is 7.22. The van der Waals surface area contributed by atoms with Crippen LogP contribution in [0.1, 0.15) is 41.1 Å². The summed E-state index contributed by atoms with van der Waals surface area (Å²) < 4.78 is 31.3. The van der Waals surface area contributed by atoms with Gasteiger partial charge in [-0.25, -0.2) is 13.1 Å². The first-order chi connectivity index (χ1) is 16.8. The Morgan fingerprint density at radius 2 is 1.66 bits per heavy atom. The predicted molar refractivity (Wildman–Crippen MR) is 137 cm³/mol. The van der Waals surface area contributed by atoms with E-state index >= 15 is 0 Å². The van der Waals surface area contributed by atoms with Gasteiger partial charge in [-0.1, -0.05) is 42.5 Å². The molecule has 8 heteroatoms. The summed E-state index contributed by atoms with van der Waals surface area (Å²) in [7, 11) is -0.0772. The van der Waals surface area contributed by atoms with Crippen LogP contribution in [0.3, 0.4) is 0 Å². The molecule has 2 aliphatic rings. The molecule has 1 atom stereocenters. The van der Waals surface area contributed by atoms with Crippen molar-refractivity contribution in [3.63, 3.8) is 0 Å². The summed E-state index contributed by atoms with van der Waals surface area (Å²) in [6, 6.07) is 15.1. The normalized spacial score (nSPS) is 19.5. The number of rotatable bonds is 4. The van der Waals surface area contributed by atoms with Gasteiger partial charge in [-0.15, -0.1) is 0 Å². The van der Waals surface area contributed by atoms with E-state index in [1.807, 2.05) is 56.4 Å². The van der Waals surface area contributed by atoms with Crippen LogP contribution in [-0.2, 0) is 29.9 Å². The summed E-state index contributed by atoms with van der Waals surface area (Å²) in [6.07, 6.45) is 3.53. The molecule has 1 aromatic heterocycles. The number of sulfonamides is 1. The third kappa shape index (κ3) is 4.35. The van der Waals surface area contributed by atoms with Gasteiger partial charge in [0.05, 0.1) is 16.6 Å². The highest BCUT2D eigenvalue weighted by Crippen LogP contribution is 2.35. The molecule has 35 heavy (non-hydrogen) atoms. The summed E-state index contributed by atoms with van der Waals surface area (Å²) in [4.78, 5) is 15.2. The zero-order valence-corrected chi connectivity index (χ0v) is 21.4. The van der Waals surface area contributed by atoms with Crippen LogP contribution in [0.4, 0.5) is 0 Å². The van der Waals surface area contributed by atoms with Gasteiger partial charge in [0.2, 0.25) is 10.0 Å². The number of benzene rings is 2. The van der Waals surface area contributed by atoms with Crippen molar-refractivity contribution < 1.29 is 8.42 Å². The summed E-state index contributed by atoms with van der Waals surface area (Å²) in [6.45, 7) is 3.58. The van der Waals surface area contributed by atoms with E-state index in [-0.39, 0.29) is 11.6 Å². The smallest absolute Gasteiger partial charge is 0.269 e. The molecule has 0 saturated carbocycles. The second-order valence-electron chi connectivity index (χ2n) is 9.73. The van der Waals surface area contributed by atoms with Crippen molar-refractivity contribution in [1.82, 2.24) is 19.0 Å². The monoisotopic (exact) mass is 492 g/mol. The Hall–Kier alpha value is -2.81. The zero-order valence-electron chi connectivity index (χ0n) is 20.6. The minimum absolute atomic E-state index is 0.0495. The van der Waals surface area contributed by atoms with Crippen LogP contribution in [0.15, 0.2) is 58.2 Å². The molecule has 1 saturated heterocycles. The minimum Gasteiger partial charge on any atom is -0.303 e. The molecule has 1 aliphatic heterocycles. The molecule has 2 heterocycles. The van der Waals surface area contributed by atoms with Crippen LogP contribution in [0, 0.1) is 6.92 Å². The van der Waals surface area contributed by atoms with Gasteiger partial charge in [0.15, 0.2) is 0 Å². The van der Waals surface area contributed by atoms with Crippen LogP contribution in [0.5, 0.6) is 0 Å². The second-order valence-corrected chi connectivity index (χ2v) is 11.6. The molecule has 1 fully saturated rings. The molecule has 1 aliphatic carbocycles. The Morgan fingerprint density at radius 1 is 0.943 bits per heavy atom. The second kappa shape index (κ2) is 9.33. The van der Waals surface area contributed by atoms with Crippen molar-refractivity contribution in [1.29, 1.82) is 0 Å². The Morgan fingerprint density at radius 3 is 2.40 bits per heavy atom. The molecule has 0 N–H and O–H groups in total. The van der Waals surface area contributed by atoms with Crippen LogP contribution in [0.25, 0.3) is 11.3 Å². The largest absolute Gasteiger partial charge is 0.303 e. The zero-order chi connectivity index (χ0) is 24.7. The molecule has 3 aromatic rings. The molecule has 2 aromatic carbocycles. The van der Waals surface area contributed by atoms with Gasteiger partial charge in [-0.3, -0.25) is 4.79 Å². The van der Waals surface area contributed by atoms with Gasteiger partial charge >= 0.3 is 0 Å². The highest BCUT2D eigenvalue weighted by molar-refractivity contribution is 7.89. The first kappa shape index (κ1) is 23.9.